The van der Waals surface area contributed by atoms with Gasteiger partial charge < -0.3 is 8.94 Å². The minimum absolute atomic E-state index is 0.0734. The fourth-order valence-corrected chi connectivity index (χ4v) is 4.04. The van der Waals surface area contributed by atoms with Crippen molar-refractivity contribution in [2.24, 2.45) is 0 Å². The van der Waals surface area contributed by atoms with Gasteiger partial charge in [-0.05, 0) is 48.7 Å². The maximum atomic E-state index is 13.6. The molecule has 32 heavy (non-hydrogen) atoms. The van der Waals surface area contributed by atoms with Crippen molar-refractivity contribution >= 4 is 28.4 Å². The van der Waals surface area contributed by atoms with Gasteiger partial charge in [0, 0.05) is 18.2 Å². The Morgan fingerprint density at radius 3 is 2.50 bits per heavy atom. The lowest BCUT2D eigenvalue weighted by Gasteiger charge is -2.22. The van der Waals surface area contributed by atoms with Crippen molar-refractivity contribution in [3.63, 3.8) is 0 Å². The highest BCUT2D eigenvalue weighted by atomic mass is 16.6. The number of carbonyl (C=O) groups is 1. The van der Waals surface area contributed by atoms with Crippen LogP contribution in [0.5, 0.6) is 0 Å². The van der Waals surface area contributed by atoms with Gasteiger partial charge >= 0.3 is 0 Å². The molecule has 160 valence electrons. The summed E-state index contributed by atoms with van der Waals surface area (Å²) in [7, 11) is 0. The lowest BCUT2D eigenvalue weighted by molar-refractivity contribution is -0.384. The molecule has 1 amide bonds. The highest BCUT2D eigenvalue weighted by molar-refractivity contribution is 6.10. The topological polar surface area (TPSA) is 120 Å². The average Bonchev–Trinajstić information content (AvgIpc) is 3.34. The fraction of sp³-hybridized carbons (Fsp3) is 0.174. The Balaban J connectivity index is 1.78. The zero-order valence-corrected chi connectivity index (χ0v) is 17.2. The number of anilines is 1. The molecular formula is C23H17N3O6. The van der Waals surface area contributed by atoms with Gasteiger partial charge in [-0.2, -0.15) is 0 Å². The zero-order chi connectivity index (χ0) is 22.6. The molecule has 0 spiro atoms. The van der Waals surface area contributed by atoms with Gasteiger partial charge in [0.1, 0.15) is 11.3 Å². The van der Waals surface area contributed by atoms with Gasteiger partial charge in [-0.3, -0.25) is 24.6 Å². The molecule has 1 aliphatic rings. The molecule has 2 aromatic carbocycles. The number of non-ortho nitro benzene ring substituents is 1. The van der Waals surface area contributed by atoms with Crippen LogP contribution in [0.15, 0.2) is 62.3 Å². The van der Waals surface area contributed by atoms with E-state index in [1.165, 1.54) is 29.2 Å². The van der Waals surface area contributed by atoms with E-state index >= 15 is 0 Å². The molecule has 0 saturated carbocycles. The SMILES string of the molecule is CCc1ccc2oc3c(c(=O)c2c1)[C@@H](c1ccc([N+](=O)[O-])cc1)N(c1cc(C)on1)C3=O. The quantitative estimate of drug-likeness (QED) is 0.349. The molecule has 3 heterocycles. The second-order valence-corrected chi connectivity index (χ2v) is 7.58. The van der Waals surface area contributed by atoms with E-state index in [0.29, 0.717) is 22.3 Å². The van der Waals surface area contributed by atoms with Crippen molar-refractivity contribution in [2.75, 3.05) is 4.90 Å². The van der Waals surface area contributed by atoms with Gasteiger partial charge in [0.2, 0.25) is 5.76 Å². The van der Waals surface area contributed by atoms with Crippen molar-refractivity contribution in [1.82, 2.24) is 5.16 Å². The monoisotopic (exact) mass is 431 g/mol. The summed E-state index contributed by atoms with van der Waals surface area (Å²) in [4.78, 5) is 38.9. The average molecular weight is 431 g/mol. The first-order valence-electron chi connectivity index (χ1n) is 10.00. The summed E-state index contributed by atoms with van der Waals surface area (Å²) in [6.07, 6.45) is 0.738. The molecule has 0 saturated heterocycles. The standard InChI is InChI=1S/C23H17N3O6/c1-3-13-4-9-17-16(11-13)21(27)19-20(14-5-7-15(8-6-14)26(29)30)25(23(28)22(19)31-17)18-10-12(2)32-24-18/h4-11,20H,3H2,1-2H3/t20-/m1/s1. The van der Waals surface area contributed by atoms with Crippen molar-refractivity contribution in [2.45, 2.75) is 26.3 Å². The molecule has 0 unspecified atom stereocenters. The van der Waals surface area contributed by atoms with Gasteiger partial charge in [-0.1, -0.05) is 18.1 Å². The van der Waals surface area contributed by atoms with Crippen LogP contribution in [0, 0.1) is 17.0 Å². The lowest BCUT2D eigenvalue weighted by atomic mass is 9.97. The van der Waals surface area contributed by atoms with Gasteiger partial charge in [0.05, 0.1) is 21.9 Å². The largest absolute Gasteiger partial charge is 0.450 e. The van der Waals surface area contributed by atoms with E-state index in [2.05, 4.69) is 5.16 Å². The highest BCUT2D eigenvalue weighted by Crippen LogP contribution is 2.41. The molecule has 9 heteroatoms. The molecule has 0 fully saturated rings. The van der Waals surface area contributed by atoms with Crippen molar-refractivity contribution in [1.29, 1.82) is 0 Å². The van der Waals surface area contributed by atoms with Crippen LogP contribution in [0.1, 0.15) is 46.0 Å². The Bertz CT molecular complexity index is 1450. The maximum Gasteiger partial charge on any atom is 0.296 e. The predicted octanol–water partition coefficient (Wildman–Crippen LogP) is 4.31. The number of aromatic nitrogens is 1. The number of rotatable bonds is 4. The number of nitrogens with zero attached hydrogens (tertiary/aromatic N) is 3. The number of hydrogen-bond donors (Lipinski definition) is 0. The van der Waals surface area contributed by atoms with E-state index in [4.69, 9.17) is 8.94 Å². The Labute approximate surface area is 181 Å². The number of nitro groups is 1. The Hall–Kier alpha value is -4.27. The van der Waals surface area contributed by atoms with Crippen LogP contribution in [-0.2, 0) is 6.42 Å². The summed E-state index contributed by atoms with van der Waals surface area (Å²) in [6.45, 7) is 3.67. The Morgan fingerprint density at radius 2 is 1.88 bits per heavy atom. The third-order valence-electron chi connectivity index (χ3n) is 5.62. The summed E-state index contributed by atoms with van der Waals surface area (Å²) in [5, 5.41) is 15.4. The van der Waals surface area contributed by atoms with Gasteiger partial charge in [0.25, 0.3) is 11.6 Å². The smallest absolute Gasteiger partial charge is 0.296 e. The summed E-state index contributed by atoms with van der Waals surface area (Å²) in [6, 6.07) is 11.7. The molecule has 5 rings (SSSR count). The van der Waals surface area contributed by atoms with Crippen LogP contribution in [0.3, 0.4) is 0 Å². The third-order valence-corrected chi connectivity index (χ3v) is 5.62. The molecule has 2 aromatic heterocycles. The molecule has 0 radical (unpaired) electrons. The van der Waals surface area contributed by atoms with Crippen LogP contribution in [0.25, 0.3) is 11.0 Å². The number of nitro benzene ring substituents is 1. The van der Waals surface area contributed by atoms with E-state index in [9.17, 15) is 19.7 Å². The third kappa shape index (κ3) is 2.89. The number of hydrogen-bond acceptors (Lipinski definition) is 7. The summed E-state index contributed by atoms with van der Waals surface area (Å²) < 4.78 is 11.1. The minimum Gasteiger partial charge on any atom is -0.450 e. The van der Waals surface area contributed by atoms with Crippen LogP contribution >= 0.6 is 0 Å². The van der Waals surface area contributed by atoms with E-state index < -0.39 is 16.9 Å². The number of benzene rings is 2. The Kier molecular flexibility index (Phi) is 4.40. The van der Waals surface area contributed by atoms with Gasteiger partial charge in [-0.15, -0.1) is 0 Å². The predicted molar refractivity (Wildman–Crippen MR) is 115 cm³/mol. The minimum atomic E-state index is -0.867. The van der Waals surface area contributed by atoms with Crippen molar-refractivity contribution in [3.8, 4) is 0 Å². The number of fused-ring (bicyclic) bond motifs is 2. The summed E-state index contributed by atoms with van der Waals surface area (Å²) in [5.41, 5.74) is 1.55. The van der Waals surface area contributed by atoms with Crippen LogP contribution in [0.2, 0.25) is 0 Å². The van der Waals surface area contributed by atoms with Crippen molar-refractivity contribution in [3.05, 3.63) is 97.1 Å². The first-order valence-corrected chi connectivity index (χ1v) is 10.00. The molecule has 1 atom stereocenters. The Morgan fingerprint density at radius 1 is 1.12 bits per heavy atom. The van der Waals surface area contributed by atoms with Crippen molar-refractivity contribution < 1.29 is 18.7 Å². The number of carbonyl (C=O) groups excluding carboxylic acids is 1. The normalized spacial score (nSPS) is 15.4. The van der Waals surface area contributed by atoms with Crippen LogP contribution in [0.4, 0.5) is 11.5 Å². The van der Waals surface area contributed by atoms with Gasteiger partial charge in [0.15, 0.2) is 11.2 Å². The maximum absolute atomic E-state index is 13.6. The first-order chi connectivity index (χ1) is 15.4. The fourth-order valence-electron chi connectivity index (χ4n) is 4.04. The van der Waals surface area contributed by atoms with Gasteiger partial charge in [-0.25, -0.2) is 0 Å². The molecule has 1 aliphatic heterocycles. The van der Waals surface area contributed by atoms with Crippen LogP contribution in [-0.4, -0.2) is 16.0 Å². The molecule has 9 nitrogen and oxygen atoms in total. The van der Waals surface area contributed by atoms with Crippen LogP contribution < -0.4 is 10.3 Å². The number of aryl methyl sites for hydroxylation is 2. The lowest BCUT2D eigenvalue weighted by Crippen LogP contribution is -2.29. The second-order valence-electron chi connectivity index (χ2n) is 7.58. The first kappa shape index (κ1) is 19.7. The molecule has 0 bridgehead atoms. The summed E-state index contributed by atoms with van der Waals surface area (Å²) in [5.74, 6) is 0.106. The molecular weight excluding hydrogens is 414 g/mol. The van der Waals surface area contributed by atoms with E-state index in [1.807, 2.05) is 13.0 Å². The zero-order valence-electron chi connectivity index (χ0n) is 17.2. The molecule has 4 aromatic rings. The van der Waals surface area contributed by atoms with E-state index in [0.717, 1.165) is 12.0 Å². The molecule has 0 N–H and O–H groups in total. The second kappa shape index (κ2) is 7.16. The van der Waals surface area contributed by atoms with E-state index in [1.54, 1.807) is 25.1 Å². The number of amides is 1. The van der Waals surface area contributed by atoms with E-state index in [-0.39, 0.29) is 28.3 Å². The molecule has 0 aliphatic carbocycles. The highest BCUT2D eigenvalue weighted by Gasteiger charge is 2.45. The summed E-state index contributed by atoms with van der Waals surface area (Å²) >= 11 is 0.